The number of methoxy groups -OCH3 is 3. The van der Waals surface area contributed by atoms with Crippen LogP contribution in [0.25, 0.3) is 12.2 Å². The van der Waals surface area contributed by atoms with Crippen molar-refractivity contribution in [1.29, 1.82) is 0 Å². The maximum Gasteiger partial charge on any atom is 0.331 e. The van der Waals surface area contributed by atoms with Gasteiger partial charge in [0.1, 0.15) is 49.8 Å². The van der Waals surface area contributed by atoms with Crippen LogP contribution in [0.3, 0.4) is 0 Å². The lowest BCUT2D eigenvalue weighted by Gasteiger charge is -2.43. The van der Waals surface area contributed by atoms with E-state index in [0.29, 0.717) is 11.1 Å². The molecule has 2 aliphatic heterocycles. The molecule has 0 radical (unpaired) electrons. The number of rotatable bonds is 14. The van der Waals surface area contributed by atoms with Crippen LogP contribution in [0.4, 0.5) is 0 Å². The van der Waals surface area contributed by atoms with E-state index in [-0.39, 0.29) is 28.7 Å². The predicted octanol–water partition coefficient (Wildman–Crippen LogP) is -1.43. The van der Waals surface area contributed by atoms with Crippen molar-refractivity contribution in [2.45, 2.75) is 54.8 Å². The number of esters is 2. The Hall–Kier alpha value is -4.50. The summed E-state index contributed by atoms with van der Waals surface area (Å²) in [6.45, 7) is -2.65. The van der Waals surface area contributed by atoms with Gasteiger partial charge in [-0.2, -0.15) is 0 Å². The highest BCUT2D eigenvalue weighted by Gasteiger charge is 2.60. The maximum atomic E-state index is 12.9. The molecule has 18 heteroatoms. The van der Waals surface area contributed by atoms with E-state index in [1.807, 2.05) is 0 Å². The van der Waals surface area contributed by atoms with Gasteiger partial charge in [-0.1, -0.05) is 6.07 Å². The lowest BCUT2D eigenvalue weighted by Crippen LogP contribution is -2.63. The first-order chi connectivity index (χ1) is 24.3. The molecule has 0 amide bonds. The smallest absolute Gasteiger partial charge is 0.331 e. The summed E-state index contributed by atoms with van der Waals surface area (Å²) in [5.74, 6) is -4.64. The molecule has 2 saturated heterocycles. The first kappa shape index (κ1) is 39.3. The van der Waals surface area contributed by atoms with Gasteiger partial charge in [0.25, 0.3) is 0 Å². The third-order valence-corrected chi connectivity index (χ3v) is 8.02. The average Bonchev–Trinajstić information content (AvgIpc) is 3.39. The van der Waals surface area contributed by atoms with Gasteiger partial charge >= 0.3 is 11.9 Å². The number of hydrogen-bond donors (Lipinski definition) is 8. The highest BCUT2D eigenvalue weighted by Crippen LogP contribution is 2.39. The Morgan fingerprint density at radius 3 is 2.00 bits per heavy atom. The molecule has 0 aromatic heterocycles. The second-order valence-corrected chi connectivity index (χ2v) is 11.3. The van der Waals surface area contributed by atoms with Crippen molar-refractivity contribution in [3.05, 3.63) is 53.6 Å². The SMILES string of the molecule is COc1cc(/C=C/C(=O)OC[C@H]2O[C@H](O[C@]3(CO)O[C@H](CO)[C@@H](O)[C@H]3OC(=O)/C=C/c3cc(OC)c(O)c(OC)c3)[C@H](O)[C@@H](O)[C@@H]2O)ccc1O. The van der Waals surface area contributed by atoms with Crippen LogP contribution in [0.1, 0.15) is 11.1 Å². The van der Waals surface area contributed by atoms with Crippen LogP contribution in [0, 0.1) is 0 Å². The number of aromatic hydroxyl groups is 2. The first-order valence-electron chi connectivity index (χ1n) is 15.3. The normalized spacial score (nSPS) is 29.3. The largest absolute Gasteiger partial charge is 0.504 e. The predicted molar refractivity (Wildman–Crippen MR) is 170 cm³/mol. The van der Waals surface area contributed by atoms with Crippen LogP contribution in [-0.2, 0) is 33.3 Å². The number of carbonyl (C=O) groups is 2. The number of hydrogen-bond acceptors (Lipinski definition) is 18. The summed E-state index contributed by atoms with van der Waals surface area (Å²) in [5.41, 5.74) is 0.803. The zero-order chi connectivity index (χ0) is 37.5. The fraction of sp³-hybridized carbons (Fsp3) is 0.455. The van der Waals surface area contributed by atoms with Crippen molar-refractivity contribution in [2.24, 2.45) is 0 Å². The van der Waals surface area contributed by atoms with Gasteiger partial charge in [-0.25, -0.2) is 9.59 Å². The zero-order valence-electron chi connectivity index (χ0n) is 27.6. The van der Waals surface area contributed by atoms with Crippen molar-refractivity contribution < 1.29 is 88.3 Å². The maximum absolute atomic E-state index is 12.9. The summed E-state index contributed by atoms with van der Waals surface area (Å²) in [6, 6.07) is 7.08. The zero-order valence-corrected chi connectivity index (χ0v) is 27.6. The molecule has 2 heterocycles. The molecule has 8 N–H and O–H groups in total. The van der Waals surface area contributed by atoms with Gasteiger partial charge < -0.3 is 78.7 Å². The third kappa shape index (κ3) is 8.87. The Morgan fingerprint density at radius 1 is 0.784 bits per heavy atom. The standard InChI is InChI=1S/C33H40O18/c1-44-19-10-16(4-7-18(19)36)5-8-24(37)47-14-23-27(40)29(42)30(43)32(48-23)51-33(15-35)31(28(41)22(13-34)50-33)49-25(38)9-6-17-11-20(45-2)26(39)21(12-17)46-3/h4-12,22-23,27-32,34-36,39-43H,13-15H2,1-3H3/b8-5+,9-6+/t22-,23-,27-,28-,29+,30-,31-,32-,33+/m1/s1. The molecular weight excluding hydrogens is 684 g/mol. The molecule has 9 atom stereocenters. The fourth-order valence-corrected chi connectivity index (χ4v) is 5.27. The van der Waals surface area contributed by atoms with Crippen molar-refractivity contribution in [3.63, 3.8) is 0 Å². The number of carbonyl (C=O) groups excluding carboxylic acids is 2. The molecule has 0 saturated carbocycles. The Bertz CT molecular complexity index is 1550. The molecule has 0 bridgehead atoms. The number of aliphatic hydroxyl groups excluding tert-OH is 6. The number of benzene rings is 2. The molecule has 2 aromatic carbocycles. The van der Waals surface area contributed by atoms with Gasteiger partial charge in [0, 0.05) is 12.2 Å². The van der Waals surface area contributed by atoms with E-state index in [1.54, 1.807) is 0 Å². The monoisotopic (exact) mass is 724 g/mol. The van der Waals surface area contributed by atoms with Crippen LogP contribution in [0.5, 0.6) is 28.7 Å². The Kier molecular flexibility index (Phi) is 13.2. The summed E-state index contributed by atoms with van der Waals surface area (Å²) in [4.78, 5) is 25.3. The molecular formula is C33H40O18. The fourth-order valence-electron chi connectivity index (χ4n) is 5.27. The lowest BCUT2D eigenvalue weighted by atomic mass is 9.99. The minimum atomic E-state index is -2.50. The Labute approximate surface area is 290 Å². The minimum absolute atomic E-state index is 0.0403. The molecule has 2 aliphatic rings. The molecule has 0 unspecified atom stereocenters. The van der Waals surface area contributed by atoms with Crippen LogP contribution >= 0.6 is 0 Å². The molecule has 0 spiro atoms. The van der Waals surface area contributed by atoms with Crippen LogP contribution in [-0.4, -0.2) is 149 Å². The van der Waals surface area contributed by atoms with Gasteiger partial charge in [0.05, 0.1) is 27.9 Å². The summed E-state index contributed by atoms with van der Waals surface area (Å²) >= 11 is 0. The van der Waals surface area contributed by atoms with Gasteiger partial charge in [-0.15, -0.1) is 0 Å². The van der Waals surface area contributed by atoms with Crippen LogP contribution in [0.2, 0.25) is 0 Å². The molecule has 51 heavy (non-hydrogen) atoms. The van der Waals surface area contributed by atoms with Crippen molar-refractivity contribution >= 4 is 24.1 Å². The molecule has 18 nitrogen and oxygen atoms in total. The van der Waals surface area contributed by atoms with Crippen LogP contribution in [0.15, 0.2) is 42.5 Å². The highest BCUT2D eigenvalue weighted by atomic mass is 16.8. The van der Waals surface area contributed by atoms with Crippen molar-refractivity contribution in [2.75, 3.05) is 41.2 Å². The van der Waals surface area contributed by atoms with E-state index in [4.69, 9.17) is 37.9 Å². The van der Waals surface area contributed by atoms with E-state index in [2.05, 4.69) is 0 Å². The van der Waals surface area contributed by atoms with Gasteiger partial charge in [-0.05, 0) is 47.5 Å². The number of aliphatic hydroxyl groups is 6. The van der Waals surface area contributed by atoms with E-state index in [9.17, 15) is 50.4 Å². The van der Waals surface area contributed by atoms with Gasteiger partial charge in [0.2, 0.25) is 11.5 Å². The second-order valence-electron chi connectivity index (χ2n) is 11.3. The quantitative estimate of drug-likeness (QED) is 0.0819. The summed E-state index contributed by atoms with van der Waals surface area (Å²) in [7, 11) is 3.97. The molecule has 2 aromatic rings. The van der Waals surface area contributed by atoms with E-state index < -0.39 is 86.6 Å². The topological polar surface area (TPSA) is 270 Å². The molecule has 280 valence electrons. The number of ether oxygens (including phenoxy) is 8. The van der Waals surface area contributed by atoms with E-state index in [0.717, 1.165) is 12.2 Å². The number of phenolic OH excluding ortho intramolecular Hbond substituents is 2. The van der Waals surface area contributed by atoms with E-state index in [1.165, 1.54) is 63.8 Å². The summed E-state index contributed by atoms with van der Waals surface area (Å²) in [6.07, 6.45) is -9.78. The Morgan fingerprint density at radius 2 is 1.39 bits per heavy atom. The highest BCUT2D eigenvalue weighted by molar-refractivity contribution is 5.88. The van der Waals surface area contributed by atoms with Crippen molar-refractivity contribution in [3.8, 4) is 28.7 Å². The van der Waals surface area contributed by atoms with Crippen molar-refractivity contribution in [1.82, 2.24) is 0 Å². The van der Waals surface area contributed by atoms with Crippen LogP contribution < -0.4 is 14.2 Å². The second kappa shape index (κ2) is 17.1. The average molecular weight is 725 g/mol. The van der Waals surface area contributed by atoms with E-state index >= 15 is 0 Å². The van der Waals surface area contributed by atoms with Gasteiger partial charge in [-0.3, -0.25) is 0 Å². The molecule has 4 rings (SSSR count). The summed E-state index contributed by atoms with van der Waals surface area (Å²) < 4.78 is 42.6. The number of phenols is 2. The minimum Gasteiger partial charge on any atom is -0.504 e. The summed E-state index contributed by atoms with van der Waals surface area (Å²) in [5, 5.41) is 82.7. The third-order valence-electron chi connectivity index (χ3n) is 8.02. The molecule has 0 aliphatic carbocycles. The first-order valence-corrected chi connectivity index (χ1v) is 15.3. The Balaban J connectivity index is 1.48. The lowest BCUT2D eigenvalue weighted by molar-refractivity contribution is -0.383. The van der Waals surface area contributed by atoms with Gasteiger partial charge in [0.15, 0.2) is 35.4 Å². The molecule has 2 fully saturated rings.